The fourth-order valence-electron chi connectivity index (χ4n) is 2.93. The fourth-order valence-corrected chi connectivity index (χ4v) is 2.93. The number of rotatable bonds is 7. The summed E-state index contributed by atoms with van der Waals surface area (Å²) in [5.41, 5.74) is 0.822. The Morgan fingerprint density at radius 1 is 1.27 bits per heavy atom. The Kier molecular flexibility index (Phi) is 6.26. The smallest absolute Gasteiger partial charge is 0.339 e. The van der Waals surface area contributed by atoms with Crippen LogP contribution in [-0.4, -0.2) is 46.9 Å². The highest BCUT2D eigenvalue weighted by molar-refractivity contribution is 5.99. The second kappa shape index (κ2) is 9.03. The molecule has 3 rings (SSSR count). The monoisotopic (exact) mass is 412 g/mol. The molecule has 0 bridgehead atoms. The van der Waals surface area contributed by atoms with E-state index in [9.17, 15) is 24.5 Å². The van der Waals surface area contributed by atoms with Crippen LogP contribution in [0.5, 0.6) is 0 Å². The number of anilines is 1. The van der Waals surface area contributed by atoms with Gasteiger partial charge in [0.25, 0.3) is 11.6 Å². The van der Waals surface area contributed by atoms with Crippen LogP contribution in [0.4, 0.5) is 16.2 Å². The normalized spacial score (nSPS) is 14.0. The Hall–Kier alpha value is -3.95. The number of imide groups is 1. The van der Waals surface area contributed by atoms with E-state index in [1.165, 1.54) is 19.1 Å². The minimum absolute atomic E-state index is 0.0718. The standard InChI is InChI=1S/C20H20N4O6/c1-13(18(25)23-10-9-21-20(23)27)30-19(26)15-7-8-16(17(11-15)24(28)29)22-12-14-5-3-2-4-6-14/h2-8,11,13,22H,9-10,12H2,1H3,(H,21,27)/t13-/m0/s1. The molecule has 1 atom stereocenters. The molecule has 1 aliphatic rings. The van der Waals surface area contributed by atoms with Gasteiger partial charge >= 0.3 is 12.0 Å². The second-order valence-corrected chi connectivity index (χ2v) is 6.60. The number of nitro benzene ring substituents is 1. The van der Waals surface area contributed by atoms with Gasteiger partial charge in [-0.25, -0.2) is 9.59 Å². The number of carbonyl (C=O) groups is 3. The summed E-state index contributed by atoms with van der Waals surface area (Å²) in [6.45, 7) is 2.23. The largest absolute Gasteiger partial charge is 0.449 e. The lowest BCUT2D eigenvalue weighted by atomic mass is 10.1. The van der Waals surface area contributed by atoms with Crippen LogP contribution in [0.2, 0.25) is 0 Å². The average molecular weight is 412 g/mol. The van der Waals surface area contributed by atoms with E-state index in [1.54, 1.807) is 0 Å². The average Bonchev–Trinajstić information content (AvgIpc) is 3.17. The summed E-state index contributed by atoms with van der Waals surface area (Å²) in [4.78, 5) is 48.0. The van der Waals surface area contributed by atoms with Gasteiger partial charge in [0, 0.05) is 25.7 Å². The Balaban J connectivity index is 1.70. The number of amides is 3. The number of esters is 1. The molecule has 2 N–H and O–H groups in total. The Bertz CT molecular complexity index is 979. The highest BCUT2D eigenvalue weighted by Gasteiger charge is 2.32. The number of nitro groups is 1. The van der Waals surface area contributed by atoms with Crippen LogP contribution in [0.15, 0.2) is 48.5 Å². The first-order valence-corrected chi connectivity index (χ1v) is 9.23. The zero-order chi connectivity index (χ0) is 21.7. The van der Waals surface area contributed by atoms with Gasteiger partial charge in [-0.3, -0.25) is 19.8 Å². The minimum atomic E-state index is -1.21. The van der Waals surface area contributed by atoms with Gasteiger partial charge in [0.15, 0.2) is 6.10 Å². The number of urea groups is 1. The van der Waals surface area contributed by atoms with Crippen LogP contribution in [0, 0.1) is 10.1 Å². The van der Waals surface area contributed by atoms with Crippen molar-refractivity contribution in [1.82, 2.24) is 10.2 Å². The van der Waals surface area contributed by atoms with E-state index >= 15 is 0 Å². The third kappa shape index (κ3) is 4.72. The molecule has 3 amide bonds. The molecule has 0 saturated carbocycles. The number of nitrogens with zero attached hydrogens (tertiary/aromatic N) is 2. The van der Waals surface area contributed by atoms with Crippen molar-refractivity contribution in [2.24, 2.45) is 0 Å². The van der Waals surface area contributed by atoms with Crippen LogP contribution < -0.4 is 10.6 Å². The molecule has 2 aromatic carbocycles. The predicted molar refractivity (Wildman–Crippen MR) is 107 cm³/mol. The molecule has 1 fully saturated rings. The Morgan fingerprint density at radius 3 is 2.63 bits per heavy atom. The summed E-state index contributed by atoms with van der Waals surface area (Å²) < 4.78 is 5.11. The minimum Gasteiger partial charge on any atom is -0.449 e. The summed E-state index contributed by atoms with van der Waals surface area (Å²) in [5, 5.41) is 16.9. The molecule has 2 aromatic rings. The summed E-state index contributed by atoms with van der Waals surface area (Å²) in [5.74, 6) is -1.55. The lowest BCUT2D eigenvalue weighted by Gasteiger charge is -2.18. The van der Waals surface area contributed by atoms with Crippen LogP contribution in [0.25, 0.3) is 0 Å². The highest BCUT2D eigenvalue weighted by Crippen LogP contribution is 2.26. The van der Waals surface area contributed by atoms with Crippen molar-refractivity contribution >= 4 is 29.3 Å². The topological polar surface area (TPSA) is 131 Å². The maximum Gasteiger partial charge on any atom is 0.339 e. The van der Waals surface area contributed by atoms with Crippen molar-refractivity contribution in [2.45, 2.75) is 19.6 Å². The fraction of sp³-hybridized carbons (Fsp3) is 0.250. The number of hydrogen-bond acceptors (Lipinski definition) is 7. The third-order valence-electron chi connectivity index (χ3n) is 4.51. The van der Waals surface area contributed by atoms with Crippen molar-refractivity contribution < 1.29 is 24.0 Å². The molecule has 0 aromatic heterocycles. The first kappa shape index (κ1) is 20.8. The molecular weight excluding hydrogens is 392 g/mol. The first-order chi connectivity index (χ1) is 14.4. The van der Waals surface area contributed by atoms with Crippen LogP contribution >= 0.6 is 0 Å². The SMILES string of the molecule is C[C@H](OC(=O)c1ccc(NCc2ccccc2)c([N+](=O)[O-])c1)C(=O)N1CCNC1=O. The van der Waals surface area contributed by atoms with Gasteiger partial charge < -0.3 is 15.4 Å². The Labute approximate surface area is 172 Å². The number of benzene rings is 2. The van der Waals surface area contributed by atoms with E-state index in [4.69, 9.17) is 4.74 Å². The Morgan fingerprint density at radius 2 is 2.00 bits per heavy atom. The maximum atomic E-state index is 12.4. The number of nitrogens with one attached hydrogen (secondary N) is 2. The molecule has 1 aliphatic heterocycles. The molecule has 0 aliphatic carbocycles. The molecular formula is C20H20N4O6. The highest BCUT2D eigenvalue weighted by atomic mass is 16.6. The lowest BCUT2D eigenvalue weighted by molar-refractivity contribution is -0.384. The van der Waals surface area contributed by atoms with Crippen LogP contribution in [0.1, 0.15) is 22.8 Å². The van der Waals surface area contributed by atoms with E-state index in [0.717, 1.165) is 16.5 Å². The van der Waals surface area contributed by atoms with Crippen molar-refractivity contribution in [3.05, 3.63) is 69.8 Å². The van der Waals surface area contributed by atoms with E-state index in [1.807, 2.05) is 30.3 Å². The molecule has 0 unspecified atom stereocenters. The molecule has 156 valence electrons. The lowest BCUT2D eigenvalue weighted by Crippen LogP contribution is -2.41. The van der Waals surface area contributed by atoms with E-state index in [2.05, 4.69) is 10.6 Å². The van der Waals surface area contributed by atoms with Crippen molar-refractivity contribution in [1.29, 1.82) is 0 Å². The van der Waals surface area contributed by atoms with Gasteiger partial charge in [0.05, 0.1) is 10.5 Å². The number of carbonyl (C=O) groups excluding carboxylic acids is 3. The molecule has 30 heavy (non-hydrogen) atoms. The second-order valence-electron chi connectivity index (χ2n) is 6.60. The third-order valence-corrected chi connectivity index (χ3v) is 4.51. The van der Waals surface area contributed by atoms with Gasteiger partial charge in [-0.2, -0.15) is 0 Å². The molecule has 1 saturated heterocycles. The van der Waals surface area contributed by atoms with Crippen molar-refractivity contribution in [3.63, 3.8) is 0 Å². The van der Waals surface area contributed by atoms with Crippen LogP contribution in [0.3, 0.4) is 0 Å². The molecule has 10 nitrogen and oxygen atoms in total. The van der Waals surface area contributed by atoms with E-state index < -0.39 is 28.9 Å². The van der Waals surface area contributed by atoms with Gasteiger partial charge in [-0.15, -0.1) is 0 Å². The van der Waals surface area contributed by atoms with Crippen molar-refractivity contribution in [2.75, 3.05) is 18.4 Å². The molecule has 0 spiro atoms. The van der Waals surface area contributed by atoms with Gasteiger partial charge in [-0.1, -0.05) is 30.3 Å². The van der Waals surface area contributed by atoms with Gasteiger partial charge in [0.1, 0.15) is 5.69 Å². The first-order valence-electron chi connectivity index (χ1n) is 9.23. The van der Waals surface area contributed by atoms with Gasteiger partial charge in [-0.05, 0) is 24.6 Å². The quantitative estimate of drug-likeness (QED) is 0.405. The van der Waals surface area contributed by atoms with E-state index in [-0.39, 0.29) is 23.5 Å². The molecule has 1 heterocycles. The van der Waals surface area contributed by atoms with E-state index in [0.29, 0.717) is 13.1 Å². The van der Waals surface area contributed by atoms with Crippen molar-refractivity contribution in [3.8, 4) is 0 Å². The number of hydrogen-bond donors (Lipinski definition) is 2. The summed E-state index contributed by atoms with van der Waals surface area (Å²) >= 11 is 0. The molecule has 0 radical (unpaired) electrons. The predicted octanol–water partition coefficient (Wildman–Crippen LogP) is 2.30. The zero-order valence-electron chi connectivity index (χ0n) is 16.2. The number of ether oxygens (including phenoxy) is 1. The molecule has 10 heteroatoms. The summed E-state index contributed by atoms with van der Waals surface area (Å²) in [6.07, 6.45) is -1.21. The van der Waals surface area contributed by atoms with Gasteiger partial charge in [0.2, 0.25) is 0 Å². The van der Waals surface area contributed by atoms with Crippen LogP contribution in [-0.2, 0) is 16.1 Å². The zero-order valence-corrected chi connectivity index (χ0v) is 16.2. The summed E-state index contributed by atoms with van der Waals surface area (Å²) in [6, 6.07) is 12.7. The summed E-state index contributed by atoms with van der Waals surface area (Å²) in [7, 11) is 0. The maximum absolute atomic E-state index is 12.4.